The normalized spacial score (nSPS) is 15.5. The Bertz CT molecular complexity index is 403. The first-order chi connectivity index (χ1) is 8.25. The zero-order valence-corrected chi connectivity index (χ0v) is 9.80. The molecule has 2 rings (SSSR count). The largest absolute Gasteiger partial charge is 0.456 e. The SMILES string of the molecule is CC(=O)OC(CN1C=CNC1)c1ccccc1. The van der Waals surface area contributed by atoms with Crippen LogP contribution < -0.4 is 5.32 Å². The fourth-order valence-corrected chi connectivity index (χ4v) is 1.80. The van der Waals surface area contributed by atoms with Gasteiger partial charge in [-0.3, -0.25) is 4.79 Å². The molecule has 0 radical (unpaired) electrons. The molecule has 1 aliphatic heterocycles. The van der Waals surface area contributed by atoms with Gasteiger partial charge in [-0.25, -0.2) is 0 Å². The maximum absolute atomic E-state index is 11.1. The van der Waals surface area contributed by atoms with Gasteiger partial charge in [0.15, 0.2) is 0 Å². The van der Waals surface area contributed by atoms with E-state index in [9.17, 15) is 4.79 Å². The Hall–Kier alpha value is -1.97. The van der Waals surface area contributed by atoms with Gasteiger partial charge < -0.3 is 15.0 Å². The quantitative estimate of drug-likeness (QED) is 0.801. The van der Waals surface area contributed by atoms with Gasteiger partial charge in [-0.2, -0.15) is 0 Å². The Labute approximate surface area is 101 Å². The molecule has 90 valence electrons. The summed E-state index contributed by atoms with van der Waals surface area (Å²) in [6, 6.07) is 9.79. The number of carbonyl (C=O) groups is 1. The van der Waals surface area contributed by atoms with Gasteiger partial charge in [-0.05, 0) is 5.56 Å². The van der Waals surface area contributed by atoms with Crippen LogP contribution in [0.25, 0.3) is 0 Å². The van der Waals surface area contributed by atoms with E-state index in [1.54, 1.807) is 0 Å². The van der Waals surface area contributed by atoms with Crippen molar-refractivity contribution in [3.63, 3.8) is 0 Å². The van der Waals surface area contributed by atoms with Crippen LogP contribution in [0.15, 0.2) is 42.7 Å². The number of hydrogen-bond donors (Lipinski definition) is 1. The van der Waals surface area contributed by atoms with Crippen molar-refractivity contribution in [3.05, 3.63) is 48.3 Å². The van der Waals surface area contributed by atoms with Gasteiger partial charge in [-0.1, -0.05) is 30.3 Å². The highest BCUT2D eigenvalue weighted by Gasteiger charge is 2.18. The van der Waals surface area contributed by atoms with Crippen LogP contribution in [0, 0.1) is 0 Å². The van der Waals surface area contributed by atoms with Crippen molar-refractivity contribution >= 4 is 5.97 Å². The van der Waals surface area contributed by atoms with E-state index in [0.29, 0.717) is 6.54 Å². The molecule has 0 aliphatic carbocycles. The summed E-state index contributed by atoms with van der Waals surface area (Å²) in [5, 5.41) is 3.09. The molecule has 0 saturated heterocycles. The molecule has 1 aromatic rings. The molecule has 0 saturated carbocycles. The summed E-state index contributed by atoms with van der Waals surface area (Å²) in [5.74, 6) is -0.255. The van der Waals surface area contributed by atoms with E-state index in [4.69, 9.17) is 4.74 Å². The molecule has 4 heteroatoms. The van der Waals surface area contributed by atoms with Gasteiger partial charge in [-0.15, -0.1) is 0 Å². The van der Waals surface area contributed by atoms with E-state index in [2.05, 4.69) is 10.2 Å². The lowest BCUT2D eigenvalue weighted by atomic mass is 10.1. The van der Waals surface area contributed by atoms with E-state index in [1.807, 2.05) is 42.7 Å². The van der Waals surface area contributed by atoms with Crippen molar-refractivity contribution in [1.82, 2.24) is 10.2 Å². The molecule has 17 heavy (non-hydrogen) atoms. The van der Waals surface area contributed by atoms with Crippen LogP contribution in [0.4, 0.5) is 0 Å². The molecule has 1 aliphatic rings. The van der Waals surface area contributed by atoms with Gasteiger partial charge in [0.25, 0.3) is 0 Å². The van der Waals surface area contributed by atoms with E-state index < -0.39 is 0 Å². The number of benzene rings is 1. The second-order valence-electron chi connectivity index (χ2n) is 3.96. The highest BCUT2D eigenvalue weighted by Crippen LogP contribution is 2.19. The lowest BCUT2D eigenvalue weighted by Gasteiger charge is -2.23. The number of esters is 1. The Kier molecular flexibility index (Phi) is 3.65. The van der Waals surface area contributed by atoms with Crippen LogP contribution >= 0.6 is 0 Å². The van der Waals surface area contributed by atoms with Gasteiger partial charge in [0, 0.05) is 19.3 Å². The summed E-state index contributed by atoms with van der Waals surface area (Å²) in [4.78, 5) is 13.2. The standard InChI is InChI=1S/C13H16N2O2/c1-11(16)17-13(9-15-8-7-14-10-15)12-5-3-2-4-6-12/h2-8,13-14H,9-10H2,1H3. The monoisotopic (exact) mass is 232 g/mol. The van der Waals surface area contributed by atoms with Crippen molar-refractivity contribution in [2.24, 2.45) is 0 Å². The van der Waals surface area contributed by atoms with Crippen molar-refractivity contribution in [2.75, 3.05) is 13.2 Å². The number of nitrogens with one attached hydrogen (secondary N) is 1. The van der Waals surface area contributed by atoms with Crippen LogP contribution in [0.2, 0.25) is 0 Å². The highest BCUT2D eigenvalue weighted by molar-refractivity contribution is 5.66. The summed E-state index contributed by atoms with van der Waals surface area (Å²) in [6.45, 7) is 2.85. The Morgan fingerprint density at radius 2 is 2.24 bits per heavy atom. The fraction of sp³-hybridized carbons (Fsp3) is 0.308. The van der Waals surface area contributed by atoms with Crippen LogP contribution in [0.1, 0.15) is 18.6 Å². The van der Waals surface area contributed by atoms with Crippen LogP contribution in [0.5, 0.6) is 0 Å². The minimum absolute atomic E-state index is 0.224. The first-order valence-corrected chi connectivity index (χ1v) is 5.62. The van der Waals surface area contributed by atoms with Crippen LogP contribution in [-0.4, -0.2) is 24.1 Å². The van der Waals surface area contributed by atoms with E-state index in [1.165, 1.54) is 6.92 Å². The summed E-state index contributed by atoms with van der Waals surface area (Å²) < 4.78 is 5.36. The molecule has 0 bridgehead atoms. The molecule has 1 N–H and O–H groups in total. The van der Waals surface area contributed by atoms with Gasteiger partial charge >= 0.3 is 5.97 Å². The van der Waals surface area contributed by atoms with Gasteiger partial charge in [0.1, 0.15) is 6.10 Å². The number of hydrogen-bond acceptors (Lipinski definition) is 4. The lowest BCUT2D eigenvalue weighted by molar-refractivity contribution is -0.147. The molecule has 0 amide bonds. The zero-order valence-electron chi connectivity index (χ0n) is 9.80. The summed E-state index contributed by atoms with van der Waals surface area (Å²) in [7, 11) is 0. The van der Waals surface area contributed by atoms with Crippen molar-refractivity contribution in [1.29, 1.82) is 0 Å². The number of rotatable bonds is 4. The topological polar surface area (TPSA) is 41.6 Å². The third-order valence-corrected chi connectivity index (χ3v) is 2.58. The van der Waals surface area contributed by atoms with Gasteiger partial charge in [0.2, 0.25) is 0 Å². The maximum atomic E-state index is 11.1. The Morgan fingerprint density at radius 1 is 1.47 bits per heavy atom. The Morgan fingerprint density at radius 3 is 2.82 bits per heavy atom. The van der Waals surface area contributed by atoms with Crippen LogP contribution in [0.3, 0.4) is 0 Å². The van der Waals surface area contributed by atoms with Crippen LogP contribution in [-0.2, 0) is 9.53 Å². The molecule has 0 aromatic heterocycles. The predicted molar refractivity (Wildman–Crippen MR) is 64.8 cm³/mol. The maximum Gasteiger partial charge on any atom is 0.303 e. The first-order valence-electron chi connectivity index (χ1n) is 5.62. The molecule has 0 fully saturated rings. The second kappa shape index (κ2) is 5.39. The summed E-state index contributed by atoms with van der Waals surface area (Å²) in [6.07, 6.45) is 3.62. The Balaban J connectivity index is 2.07. The molecule has 4 nitrogen and oxygen atoms in total. The lowest BCUT2D eigenvalue weighted by Crippen LogP contribution is -2.28. The average molecular weight is 232 g/mol. The van der Waals surface area contributed by atoms with E-state index in [0.717, 1.165) is 12.2 Å². The molecular weight excluding hydrogens is 216 g/mol. The van der Waals surface area contributed by atoms with Crippen molar-refractivity contribution in [3.8, 4) is 0 Å². The molecule has 1 unspecified atom stereocenters. The average Bonchev–Trinajstić information content (AvgIpc) is 2.82. The second-order valence-corrected chi connectivity index (χ2v) is 3.96. The molecule has 1 heterocycles. The zero-order chi connectivity index (χ0) is 12.1. The number of ether oxygens (including phenoxy) is 1. The third kappa shape index (κ3) is 3.24. The molecule has 1 atom stereocenters. The van der Waals surface area contributed by atoms with E-state index in [-0.39, 0.29) is 12.1 Å². The van der Waals surface area contributed by atoms with Gasteiger partial charge in [0.05, 0.1) is 13.2 Å². The smallest absolute Gasteiger partial charge is 0.303 e. The first kappa shape index (κ1) is 11.5. The fourth-order valence-electron chi connectivity index (χ4n) is 1.80. The number of carbonyl (C=O) groups excluding carboxylic acids is 1. The summed E-state index contributed by atoms with van der Waals surface area (Å²) >= 11 is 0. The highest BCUT2D eigenvalue weighted by atomic mass is 16.5. The summed E-state index contributed by atoms with van der Waals surface area (Å²) in [5.41, 5.74) is 1.02. The van der Waals surface area contributed by atoms with Crippen molar-refractivity contribution < 1.29 is 9.53 Å². The molecular formula is C13H16N2O2. The molecule has 0 spiro atoms. The number of nitrogens with zero attached hydrogens (tertiary/aromatic N) is 1. The minimum Gasteiger partial charge on any atom is -0.456 e. The molecule has 1 aromatic carbocycles. The van der Waals surface area contributed by atoms with E-state index >= 15 is 0 Å². The minimum atomic E-state index is -0.255. The van der Waals surface area contributed by atoms with Crippen molar-refractivity contribution in [2.45, 2.75) is 13.0 Å². The predicted octanol–water partition coefficient (Wildman–Crippen LogP) is 1.62. The third-order valence-electron chi connectivity index (χ3n) is 2.58.